The summed E-state index contributed by atoms with van der Waals surface area (Å²) < 4.78 is 14.1. The molecule has 1 aliphatic heterocycles. The molecule has 0 saturated carbocycles. The van der Waals surface area contributed by atoms with Crippen LogP contribution in [0.2, 0.25) is 0 Å². The van der Waals surface area contributed by atoms with Crippen LogP contribution in [0.4, 0.5) is 10.1 Å². The van der Waals surface area contributed by atoms with Crippen molar-refractivity contribution < 1.29 is 14.0 Å². The van der Waals surface area contributed by atoms with E-state index in [1.54, 1.807) is 24.4 Å². The second-order valence-corrected chi connectivity index (χ2v) is 9.59. The number of fused-ring (bicyclic) bond motifs is 1. The van der Waals surface area contributed by atoms with Gasteiger partial charge >= 0.3 is 0 Å². The number of aromatic nitrogens is 2. The van der Waals surface area contributed by atoms with Crippen molar-refractivity contribution in [1.82, 2.24) is 14.9 Å². The highest BCUT2D eigenvalue weighted by molar-refractivity contribution is 7.10. The third-order valence-corrected chi connectivity index (χ3v) is 7.35. The summed E-state index contributed by atoms with van der Waals surface area (Å²) in [6, 6.07) is 12.7. The number of aryl methyl sites for hydroxylation is 1. The molecule has 1 aliphatic rings. The second-order valence-electron chi connectivity index (χ2n) is 8.70. The Morgan fingerprint density at radius 3 is 2.79 bits per heavy atom. The maximum absolute atomic E-state index is 14.1. The maximum Gasteiger partial charge on any atom is 0.275 e. The predicted octanol–water partition coefficient (Wildman–Crippen LogP) is 5.27. The molecule has 8 heteroatoms. The number of benzene rings is 2. The first-order valence-electron chi connectivity index (χ1n) is 11.3. The zero-order valence-electron chi connectivity index (χ0n) is 18.8. The lowest BCUT2D eigenvalue weighted by Crippen LogP contribution is -2.38. The Balaban J connectivity index is 1.17. The molecule has 0 aliphatic carbocycles. The van der Waals surface area contributed by atoms with Gasteiger partial charge in [0.2, 0.25) is 5.91 Å². The van der Waals surface area contributed by atoms with Crippen LogP contribution in [-0.2, 0) is 11.2 Å². The van der Waals surface area contributed by atoms with Crippen LogP contribution in [0.25, 0.3) is 10.9 Å². The van der Waals surface area contributed by atoms with Gasteiger partial charge in [0, 0.05) is 41.5 Å². The zero-order valence-corrected chi connectivity index (χ0v) is 19.6. The molecule has 2 amide bonds. The Labute approximate surface area is 200 Å². The molecule has 2 aromatic carbocycles. The van der Waals surface area contributed by atoms with Gasteiger partial charge in [-0.05, 0) is 49.1 Å². The van der Waals surface area contributed by atoms with E-state index in [2.05, 4.69) is 15.3 Å². The summed E-state index contributed by atoms with van der Waals surface area (Å²) in [7, 11) is 0. The number of carbonyl (C=O) groups excluding carboxylic acids is 2. The van der Waals surface area contributed by atoms with Crippen LogP contribution in [-0.4, -0.2) is 39.8 Å². The van der Waals surface area contributed by atoms with Crippen LogP contribution in [0.5, 0.6) is 0 Å². The number of likely N-dealkylation sites (tertiary alicyclic amines) is 1. The summed E-state index contributed by atoms with van der Waals surface area (Å²) in [6.07, 6.45) is 3.91. The van der Waals surface area contributed by atoms with E-state index in [1.165, 1.54) is 17.4 Å². The summed E-state index contributed by atoms with van der Waals surface area (Å²) in [5, 5.41) is 6.29. The molecule has 5 rings (SSSR count). The number of anilines is 1. The van der Waals surface area contributed by atoms with Crippen molar-refractivity contribution in [3.63, 3.8) is 0 Å². The van der Waals surface area contributed by atoms with Gasteiger partial charge < -0.3 is 15.2 Å². The van der Waals surface area contributed by atoms with Crippen molar-refractivity contribution in [2.75, 3.05) is 18.4 Å². The highest BCUT2D eigenvalue weighted by Crippen LogP contribution is 2.31. The molecule has 0 radical (unpaired) electrons. The number of para-hydroxylation sites is 1. The van der Waals surface area contributed by atoms with E-state index in [9.17, 15) is 14.0 Å². The lowest BCUT2D eigenvalue weighted by Gasteiger charge is -2.31. The number of nitrogens with zero attached hydrogens (tertiary/aromatic N) is 2. The number of amides is 2. The highest BCUT2D eigenvalue weighted by atomic mass is 32.1. The Morgan fingerprint density at radius 2 is 2.00 bits per heavy atom. The van der Waals surface area contributed by atoms with Gasteiger partial charge in [-0.25, -0.2) is 9.37 Å². The van der Waals surface area contributed by atoms with Crippen LogP contribution < -0.4 is 5.32 Å². The molecule has 0 bridgehead atoms. The number of H-pyrrole nitrogens is 1. The molecule has 0 spiro atoms. The predicted molar refractivity (Wildman–Crippen MR) is 132 cm³/mol. The number of carbonyl (C=O) groups is 2. The summed E-state index contributed by atoms with van der Waals surface area (Å²) in [6.45, 7) is 3.13. The number of hydrogen-bond donors (Lipinski definition) is 2. The minimum Gasteiger partial charge on any atom is -0.361 e. The zero-order chi connectivity index (χ0) is 23.7. The topological polar surface area (TPSA) is 78.1 Å². The number of hydrogen-bond acceptors (Lipinski definition) is 4. The van der Waals surface area contributed by atoms with E-state index in [-0.39, 0.29) is 23.2 Å². The smallest absolute Gasteiger partial charge is 0.275 e. The molecule has 0 unspecified atom stereocenters. The third-order valence-electron chi connectivity index (χ3n) is 6.34. The number of halogens is 1. The van der Waals surface area contributed by atoms with Gasteiger partial charge in [0.1, 0.15) is 11.5 Å². The van der Waals surface area contributed by atoms with Gasteiger partial charge in [-0.3, -0.25) is 9.59 Å². The third kappa shape index (κ3) is 4.59. The second kappa shape index (κ2) is 9.38. The first kappa shape index (κ1) is 22.3. The Morgan fingerprint density at radius 1 is 1.21 bits per heavy atom. The molecular formula is C26H25FN4O2S. The van der Waals surface area contributed by atoms with Crippen molar-refractivity contribution in [1.29, 1.82) is 0 Å². The van der Waals surface area contributed by atoms with E-state index < -0.39 is 11.7 Å². The molecule has 2 aromatic heterocycles. The van der Waals surface area contributed by atoms with Gasteiger partial charge in [-0.2, -0.15) is 0 Å². The van der Waals surface area contributed by atoms with E-state index in [0.717, 1.165) is 39.9 Å². The van der Waals surface area contributed by atoms with Crippen molar-refractivity contribution >= 4 is 39.7 Å². The monoisotopic (exact) mass is 476 g/mol. The molecule has 3 heterocycles. The number of nitrogens with one attached hydrogen (secondary N) is 2. The van der Waals surface area contributed by atoms with Crippen molar-refractivity contribution in [3.8, 4) is 0 Å². The lowest BCUT2D eigenvalue weighted by atomic mass is 9.97. The van der Waals surface area contributed by atoms with Gasteiger partial charge in [0.05, 0.1) is 17.1 Å². The quantitative estimate of drug-likeness (QED) is 0.412. The number of piperidine rings is 1. The largest absolute Gasteiger partial charge is 0.361 e. The van der Waals surface area contributed by atoms with Crippen LogP contribution in [0.3, 0.4) is 0 Å². The summed E-state index contributed by atoms with van der Waals surface area (Å²) in [5.41, 5.74) is 3.28. The Bertz CT molecular complexity index is 1350. The van der Waals surface area contributed by atoms with Crippen molar-refractivity contribution in [2.45, 2.75) is 32.1 Å². The molecular weight excluding hydrogens is 451 g/mol. The van der Waals surface area contributed by atoms with Crippen molar-refractivity contribution in [3.05, 3.63) is 81.7 Å². The molecule has 34 heavy (non-hydrogen) atoms. The van der Waals surface area contributed by atoms with Gasteiger partial charge in [-0.15, -0.1) is 11.3 Å². The van der Waals surface area contributed by atoms with Crippen LogP contribution in [0.1, 0.15) is 45.4 Å². The average molecular weight is 477 g/mol. The van der Waals surface area contributed by atoms with E-state index >= 15 is 0 Å². The van der Waals surface area contributed by atoms with E-state index in [0.29, 0.717) is 19.5 Å². The Kier molecular flexibility index (Phi) is 6.15. The molecule has 2 N–H and O–H groups in total. The molecule has 174 valence electrons. The molecule has 1 saturated heterocycles. The van der Waals surface area contributed by atoms with Crippen LogP contribution in [0.15, 0.2) is 54.0 Å². The average Bonchev–Trinajstić information content (AvgIpc) is 3.49. The fraction of sp³-hybridized carbons (Fsp3) is 0.269. The van der Waals surface area contributed by atoms with Gasteiger partial charge in [0.15, 0.2) is 0 Å². The number of rotatable bonds is 5. The first-order chi connectivity index (χ1) is 16.5. The minimum absolute atomic E-state index is 0.127. The standard InChI is InChI=1S/C26H25FN4O2S/c1-16-6-7-22(20(27)12-16)29-25(33)23-15-34-26(30-23)17-8-10-31(11-9-17)24(32)13-18-14-28-21-5-3-2-4-19(18)21/h2-7,12,14-15,17,28H,8-11,13H2,1H3,(H,29,33). The van der Waals surface area contributed by atoms with Crippen LogP contribution in [0, 0.1) is 12.7 Å². The minimum atomic E-state index is -0.464. The van der Waals surface area contributed by atoms with Gasteiger partial charge in [0.25, 0.3) is 5.91 Å². The van der Waals surface area contributed by atoms with Crippen molar-refractivity contribution in [2.24, 2.45) is 0 Å². The van der Waals surface area contributed by atoms with E-state index in [1.807, 2.05) is 35.4 Å². The fourth-order valence-corrected chi connectivity index (χ4v) is 5.39. The summed E-state index contributed by atoms with van der Waals surface area (Å²) >= 11 is 1.44. The molecule has 0 atom stereocenters. The first-order valence-corrected chi connectivity index (χ1v) is 12.2. The molecule has 1 fully saturated rings. The maximum atomic E-state index is 14.1. The number of thiazole rings is 1. The molecule has 6 nitrogen and oxygen atoms in total. The van der Waals surface area contributed by atoms with Crippen LogP contribution >= 0.6 is 11.3 Å². The summed E-state index contributed by atoms with van der Waals surface area (Å²) in [5.74, 6) is -0.549. The fourth-order valence-electron chi connectivity index (χ4n) is 4.42. The highest BCUT2D eigenvalue weighted by Gasteiger charge is 2.27. The molecule has 4 aromatic rings. The van der Waals surface area contributed by atoms with Gasteiger partial charge in [-0.1, -0.05) is 24.3 Å². The number of aromatic amines is 1. The Hall–Kier alpha value is -3.52. The lowest BCUT2D eigenvalue weighted by molar-refractivity contribution is -0.131. The normalized spacial score (nSPS) is 14.5. The summed E-state index contributed by atoms with van der Waals surface area (Å²) in [4.78, 5) is 35.1. The van der Waals surface area contributed by atoms with E-state index in [4.69, 9.17) is 0 Å². The SMILES string of the molecule is Cc1ccc(NC(=O)c2csc(C3CCN(C(=O)Cc4c[nH]c5ccccc45)CC3)n2)c(F)c1.